The van der Waals surface area contributed by atoms with Crippen molar-refractivity contribution in [1.82, 2.24) is 0 Å². The van der Waals surface area contributed by atoms with Crippen LogP contribution < -0.4 is 40.4 Å². The van der Waals surface area contributed by atoms with Crippen LogP contribution in [-0.2, 0) is 9.59 Å². The first-order chi connectivity index (χ1) is 6.11. The Morgan fingerprint density at radius 3 is 2.07 bits per heavy atom. The Morgan fingerprint density at radius 1 is 1.21 bits per heavy atom. The number of allylic oxidation sites excluding steroid dienone is 2. The molecule has 0 aromatic heterocycles. The average molecular weight is 203 g/mol. The van der Waals surface area contributed by atoms with Crippen LogP contribution in [0, 0.1) is 23.7 Å². The molecule has 2 bridgehead atoms. The summed E-state index contributed by atoms with van der Waals surface area (Å²) in [7, 11) is 0. The number of rotatable bonds is 2. The van der Waals surface area contributed by atoms with Crippen LogP contribution in [0.15, 0.2) is 12.2 Å². The second kappa shape index (κ2) is 4.04. The third kappa shape index (κ3) is 1.62. The molecule has 4 atom stereocenters. The predicted octanol–water partition coefficient (Wildman–Crippen LogP) is -4.34. The number of carbonyl (C=O) groups is 2. The molecule has 0 unspecified atom stereocenters. The van der Waals surface area contributed by atoms with Gasteiger partial charge in [-0.05, 0) is 18.3 Å². The molecule has 1 fully saturated rings. The Kier molecular flexibility index (Phi) is 3.40. The van der Waals surface area contributed by atoms with Crippen molar-refractivity contribution in [3.8, 4) is 0 Å². The van der Waals surface area contributed by atoms with E-state index >= 15 is 0 Å². The molecular formula is C9H10NNaO3. The van der Waals surface area contributed by atoms with E-state index in [1.165, 1.54) is 0 Å². The number of carboxylic acid groups (broad SMARTS) is 1. The van der Waals surface area contributed by atoms with E-state index in [0.29, 0.717) is 0 Å². The van der Waals surface area contributed by atoms with Gasteiger partial charge in [-0.15, -0.1) is 0 Å². The first-order valence-electron chi connectivity index (χ1n) is 4.29. The first kappa shape index (κ1) is 11.8. The number of carbonyl (C=O) groups excluding carboxylic acids is 2. The molecule has 0 aromatic carbocycles. The van der Waals surface area contributed by atoms with E-state index in [0.717, 1.165) is 6.42 Å². The van der Waals surface area contributed by atoms with Gasteiger partial charge in [0.1, 0.15) is 0 Å². The molecule has 0 aromatic rings. The van der Waals surface area contributed by atoms with Crippen molar-refractivity contribution in [3.63, 3.8) is 0 Å². The van der Waals surface area contributed by atoms with Crippen molar-refractivity contribution in [1.29, 1.82) is 0 Å². The summed E-state index contributed by atoms with van der Waals surface area (Å²) in [6.45, 7) is 0. The minimum absolute atomic E-state index is 0. The van der Waals surface area contributed by atoms with Gasteiger partial charge in [-0.25, -0.2) is 0 Å². The minimum Gasteiger partial charge on any atom is -0.550 e. The second-order valence-corrected chi connectivity index (χ2v) is 3.72. The van der Waals surface area contributed by atoms with Crippen LogP contribution >= 0.6 is 0 Å². The van der Waals surface area contributed by atoms with E-state index in [1.807, 2.05) is 12.2 Å². The van der Waals surface area contributed by atoms with E-state index in [2.05, 4.69) is 0 Å². The minimum atomic E-state index is -1.15. The monoisotopic (exact) mass is 203 g/mol. The summed E-state index contributed by atoms with van der Waals surface area (Å²) < 4.78 is 0. The second-order valence-electron chi connectivity index (χ2n) is 3.72. The van der Waals surface area contributed by atoms with E-state index < -0.39 is 23.7 Å². The smallest absolute Gasteiger partial charge is 0.550 e. The zero-order chi connectivity index (χ0) is 9.59. The van der Waals surface area contributed by atoms with Gasteiger partial charge >= 0.3 is 29.6 Å². The van der Waals surface area contributed by atoms with Crippen LogP contribution in [0.1, 0.15) is 6.42 Å². The van der Waals surface area contributed by atoms with Gasteiger partial charge in [0.25, 0.3) is 0 Å². The number of carboxylic acids is 1. The maximum Gasteiger partial charge on any atom is 1.00 e. The Balaban J connectivity index is 0.000000980. The summed E-state index contributed by atoms with van der Waals surface area (Å²) in [5.74, 6) is -2.96. The van der Waals surface area contributed by atoms with Crippen LogP contribution in [0.3, 0.4) is 0 Å². The van der Waals surface area contributed by atoms with Gasteiger partial charge < -0.3 is 15.6 Å². The van der Waals surface area contributed by atoms with Gasteiger partial charge in [0.2, 0.25) is 5.91 Å². The van der Waals surface area contributed by atoms with Crippen LogP contribution in [0.4, 0.5) is 0 Å². The molecule has 0 heterocycles. The molecule has 1 amide bonds. The molecule has 2 rings (SSSR count). The maximum atomic E-state index is 11.0. The fraction of sp³-hybridized carbons (Fsp3) is 0.556. The van der Waals surface area contributed by atoms with Crippen molar-refractivity contribution >= 4 is 11.9 Å². The molecule has 1 saturated carbocycles. The van der Waals surface area contributed by atoms with Crippen molar-refractivity contribution in [2.45, 2.75) is 6.42 Å². The Hall–Kier alpha value is -0.320. The number of amides is 1. The number of aliphatic carboxylic acids is 1. The fourth-order valence-electron chi connectivity index (χ4n) is 2.53. The van der Waals surface area contributed by atoms with Crippen LogP contribution in [0.5, 0.6) is 0 Å². The summed E-state index contributed by atoms with van der Waals surface area (Å²) in [5, 5.41) is 10.8. The van der Waals surface area contributed by atoms with Crippen LogP contribution in [0.25, 0.3) is 0 Å². The standard InChI is InChI=1S/C9H11NO3.Na/c10-8(11)6-4-1-2-5(3-4)7(6)9(12)13;/h1-2,4-7H,3H2,(H2,10,11)(H,12,13);/q;+1/p-1/t4-,5+,6-,7+;/m0./s1. The fourth-order valence-corrected chi connectivity index (χ4v) is 2.53. The van der Waals surface area contributed by atoms with E-state index in [9.17, 15) is 14.7 Å². The number of nitrogens with two attached hydrogens (primary N) is 1. The molecule has 5 heteroatoms. The van der Waals surface area contributed by atoms with Gasteiger partial charge in [-0.1, -0.05) is 12.2 Å². The van der Waals surface area contributed by atoms with Crippen molar-refractivity contribution < 1.29 is 44.3 Å². The van der Waals surface area contributed by atoms with E-state index in [-0.39, 0.29) is 41.4 Å². The maximum absolute atomic E-state index is 11.0. The summed E-state index contributed by atoms with van der Waals surface area (Å²) in [5.41, 5.74) is 5.15. The van der Waals surface area contributed by atoms with Gasteiger partial charge in [0, 0.05) is 11.9 Å². The molecule has 2 aliphatic carbocycles. The largest absolute Gasteiger partial charge is 1.00 e. The number of hydrogen-bond donors (Lipinski definition) is 1. The van der Waals surface area contributed by atoms with E-state index in [4.69, 9.17) is 5.73 Å². The summed E-state index contributed by atoms with van der Waals surface area (Å²) >= 11 is 0. The predicted molar refractivity (Wildman–Crippen MR) is 41.9 cm³/mol. The zero-order valence-electron chi connectivity index (χ0n) is 7.97. The molecular weight excluding hydrogens is 193 g/mol. The van der Waals surface area contributed by atoms with Gasteiger partial charge in [0.05, 0.1) is 5.92 Å². The van der Waals surface area contributed by atoms with Crippen molar-refractivity contribution in [2.24, 2.45) is 29.4 Å². The normalized spacial score (nSPS) is 38.0. The molecule has 14 heavy (non-hydrogen) atoms. The summed E-state index contributed by atoms with van der Waals surface area (Å²) in [6, 6.07) is 0. The third-order valence-corrected chi connectivity index (χ3v) is 3.06. The molecule has 0 aliphatic heterocycles. The number of primary amides is 1. The topological polar surface area (TPSA) is 83.2 Å². The summed E-state index contributed by atoms with van der Waals surface area (Å²) in [4.78, 5) is 21.8. The SMILES string of the molecule is NC(=O)[C@@H]1[C@H](C(=O)[O-])[C@@H]2C=C[C@H]1C2.[Na+]. The molecule has 0 spiro atoms. The Bertz CT molecular complexity index is 274. The first-order valence-corrected chi connectivity index (χ1v) is 4.29. The Morgan fingerprint density at radius 2 is 1.71 bits per heavy atom. The Labute approximate surface area is 104 Å². The average Bonchev–Trinajstić information content (AvgIpc) is 2.60. The zero-order valence-corrected chi connectivity index (χ0v) is 9.97. The third-order valence-electron chi connectivity index (χ3n) is 3.06. The van der Waals surface area contributed by atoms with Gasteiger partial charge in [0.15, 0.2) is 0 Å². The number of hydrogen-bond acceptors (Lipinski definition) is 3. The molecule has 70 valence electrons. The van der Waals surface area contributed by atoms with Crippen LogP contribution in [0.2, 0.25) is 0 Å². The van der Waals surface area contributed by atoms with Gasteiger partial charge in [-0.2, -0.15) is 0 Å². The molecule has 4 nitrogen and oxygen atoms in total. The molecule has 0 radical (unpaired) electrons. The van der Waals surface area contributed by atoms with Crippen molar-refractivity contribution in [2.75, 3.05) is 0 Å². The van der Waals surface area contributed by atoms with Crippen LogP contribution in [-0.4, -0.2) is 11.9 Å². The van der Waals surface area contributed by atoms with E-state index in [1.54, 1.807) is 0 Å². The number of fused-ring (bicyclic) bond motifs is 2. The molecule has 2 aliphatic rings. The van der Waals surface area contributed by atoms with Gasteiger partial charge in [-0.3, -0.25) is 4.79 Å². The molecule has 2 N–H and O–H groups in total. The quantitative estimate of drug-likeness (QED) is 0.364. The summed E-state index contributed by atoms with van der Waals surface area (Å²) in [6.07, 6.45) is 4.47. The molecule has 0 saturated heterocycles. The van der Waals surface area contributed by atoms with Crippen molar-refractivity contribution in [3.05, 3.63) is 12.2 Å².